The number of aliphatic hydroxyl groups is 1. The summed E-state index contributed by atoms with van der Waals surface area (Å²) in [6, 6.07) is 8.60. The van der Waals surface area contributed by atoms with Gasteiger partial charge in [-0.15, -0.1) is 0 Å². The van der Waals surface area contributed by atoms with E-state index in [1.165, 1.54) is 11.1 Å². The fourth-order valence-electron chi connectivity index (χ4n) is 2.01. The van der Waals surface area contributed by atoms with E-state index in [4.69, 9.17) is 0 Å². The molecule has 1 fully saturated rings. The Kier molecular flexibility index (Phi) is 2.85. The summed E-state index contributed by atoms with van der Waals surface area (Å²) in [7, 11) is 0. The minimum Gasteiger partial charge on any atom is -0.392 e. The number of aliphatic hydroxyl groups excluding tert-OH is 1. The summed E-state index contributed by atoms with van der Waals surface area (Å²) in [5.74, 6) is 0.472. The maximum Gasteiger partial charge on any atom is 0.0670 e. The zero-order chi connectivity index (χ0) is 9.97. The Balaban J connectivity index is 2.10. The first-order valence-corrected chi connectivity index (χ1v) is 5.21. The van der Waals surface area contributed by atoms with Gasteiger partial charge in [0.25, 0.3) is 0 Å². The summed E-state index contributed by atoms with van der Waals surface area (Å²) in [6.45, 7) is 3.82. The molecule has 0 saturated carbocycles. The number of benzene rings is 1. The molecule has 1 saturated heterocycles. The van der Waals surface area contributed by atoms with Gasteiger partial charge in [0.1, 0.15) is 0 Å². The van der Waals surface area contributed by atoms with Crippen LogP contribution in [0.25, 0.3) is 0 Å². The summed E-state index contributed by atoms with van der Waals surface area (Å²) < 4.78 is 0. The quantitative estimate of drug-likeness (QED) is 0.704. The highest BCUT2D eigenvalue weighted by atomic mass is 16.3. The number of hydrogen-bond donors (Lipinski definition) is 2. The molecular formula is C12H17NO. The van der Waals surface area contributed by atoms with Crippen molar-refractivity contribution in [3.63, 3.8) is 0 Å². The van der Waals surface area contributed by atoms with Crippen LogP contribution < -0.4 is 5.32 Å². The minimum absolute atomic E-state index is 0.185. The molecule has 0 radical (unpaired) electrons. The van der Waals surface area contributed by atoms with Crippen LogP contribution in [0.5, 0.6) is 0 Å². The highest BCUT2D eigenvalue weighted by molar-refractivity contribution is 5.25. The first kappa shape index (κ1) is 9.69. The molecule has 0 aliphatic carbocycles. The van der Waals surface area contributed by atoms with Crippen LogP contribution in [0.1, 0.15) is 23.5 Å². The fraction of sp³-hybridized carbons (Fsp3) is 0.500. The topological polar surface area (TPSA) is 32.3 Å². The van der Waals surface area contributed by atoms with Gasteiger partial charge < -0.3 is 10.4 Å². The number of piperidine rings is 1. The van der Waals surface area contributed by atoms with Gasteiger partial charge in [-0.05, 0) is 24.8 Å². The van der Waals surface area contributed by atoms with Crippen LogP contribution in [0, 0.1) is 6.92 Å². The summed E-state index contributed by atoms with van der Waals surface area (Å²) in [5.41, 5.74) is 2.62. The van der Waals surface area contributed by atoms with Crippen LogP contribution in [-0.4, -0.2) is 24.3 Å². The highest BCUT2D eigenvalue weighted by Crippen LogP contribution is 2.23. The molecule has 1 aromatic rings. The molecule has 76 valence electrons. The predicted octanol–water partition coefficient (Wildman–Crippen LogP) is 1.43. The van der Waals surface area contributed by atoms with Crippen LogP contribution in [0.3, 0.4) is 0 Å². The molecule has 14 heavy (non-hydrogen) atoms. The lowest BCUT2D eigenvalue weighted by Crippen LogP contribution is -2.38. The van der Waals surface area contributed by atoms with Crippen molar-refractivity contribution in [1.29, 1.82) is 0 Å². The lowest BCUT2D eigenvalue weighted by Gasteiger charge is -2.27. The van der Waals surface area contributed by atoms with Crippen molar-refractivity contribution in [1.82, 2.24) is 5.32 Å². The fourth-order valence-corrected chi connectivity index (χ4v) is 2.01. The third-order valence-electron chi connectivity index (χ3n) is 2.88. The molecule has 0 aromatic heterocycles. The molecule has 0 unspecified atom stereocenters. The Labute approximate surface area is 85.0 Å². The molecule has 2 atom stereocenters. The van der Waals surface area contributed by atoms with Crippen LogP contribution in [0.2, 0.25) is 0 Å². The van der Waals surface area contributed by atoms with Crippen molar-refractivity contribution < 1.29 is 5.11 Å². The maximum absolute atomic E-state index is 9.53. The van der Waals surface area contributed by atoms with Crippen molar-refractivity contribution in [2.45, 2.75) is 25.4 Å². The Bertz CT molecular complexity index is 294. The number of rotatable bonds is 1. The lowest BCUT2D eigenvalue weighted by molar-refractivity contribution is 0.132. The normalized spacial score (nSPS) is 27.6. The summed E-state index contributed by atoms with van der Waals surface area (Å²) in [4.78, 5) is 0. The second-order valence-electron chi connectivity index (χ2n) is 4.16. The van der Waals surface area contributed by atoms with Gasteiger partial charge in [0.05, 0.1) is 6.10 Å². The SMILES string of the molecule is Cc1ccc([C@@H]2CNC[C@H](O)C2)cc1. The third-order valence-corrected chi connectivity index (χ3v) is 2.88. The van der Waals surface area contributed by atoms with E-state index in [-0.39, 0.29) is 6.10 Å². The van der Waals surface area contributed by atoms with Crippen molar-refractivity contribution in [2.24, 2.45) is 0 Å². The molecule has 1 aliphatic rings. The standard InChI is InChI=1S/C12H17NO/c1-9-2-4-10(5-3-9)11-6-12(14)8-13-7-11/h2-5,11-14H,6-8H2,1H3/t11-,12+/m0/s1. The molecule has 1 aliphatic heterocycles. The van der Waals surface area contributed by atoms with Gasteiger partial charge in [-0.1, -0.05) is 29.8 Å². The molecule has 0 amide bonds. The van der Waals surface area contributed by atoms with Crippen molar-refractivity contribution in [3.05, 3.63) is 35.4 Å². The Morgan fingerprint density at radius 2 is 1.93 bits per heavy atom. The first-order valence-electron chi connectivity index (χ1n) is 5.21. The Hall–Kier alpha value is -0.860. The minimum atomic E-state index is -0.185. The van der Waals surface area contributed by atoms with Crippen molar-refractivity contribution in [2.75, 3.05) is 13.1 Å². The molecule has 2 rings (SSSR count). The van der Waals surface area contributed by atoms with E-state index in [0.717, 1.165) is 19.5 Å². The average molecular weight is 191 g/mol. The Morgan fingerprint density at radius 3 is 2.57 bits per heavy atom. The summed E-state index contributed by atoms with van der Waals surface area (Å²) in [5, 5.41) is 12.8. The van der Waals surface area contributed by atoms with Gasteiger partial charge in [0, 0.05) is 13.1 Å². The van der Waals surface area contributed by atoms with Crippen molar-refractivity contribution >= 4 is 0 Å². The zero-order valence-electron chi connectivity index (χ0n) is 8.53. The number of aryl methyl sites for hydroxylation is 1. The molecule has 1 heterocycles. The van der Waals surface area contributed by atoms with E-state index in [0.29, 0.717) is 5.92 Å². The van der Waals surface area contributed by atoms with Crippen LogP contribution in [0.15, 0.2) is 24.3 Å². The lowest BCUT2D eigenvalue weighted by atomic mass is 9.90. The highest BCUT2D eigenvalue weighted by Gasteiger charge is 2.20. The molecule has 2 N–H and O–H groups in total. The van der Waals surface area contributed by atoms with Crippen LogP contribution in [0.4, 0.5) is 0 Å². The Morgan fingerprint density at radius 1 is 1.21 bits per heavy atom. The molecule has 2 nitrogen and oxygen atoms in total. The zero-order valence-corrected chi connectivity index (χ0v) is 8.53. The van der Waals surface area contributed by atoms with E-state index in [2.05, 4.69) is 36.5 Å². The molecule has 0 spiro atoms. The van der Waals surface area contributed by atoms with Crippen molar-refractivity contribution in [3.8, 4) is 0 Å². The molecule has 2 heteroatoms. The third kappa shape index (κ3) is 2.14. The first-order chi connectivity index (χ1) is 6.75. The van der Waals surface area contributed by atoms with Crippen LogP contribution in [-0.2, 0) is 0 Å². The second kappa shape index (κ2) is 4.11. The molecular weight excluding hydrogens is 174 g/mol. The van der Waals surface area contributed by atoms with Gasteiger partial charge in [0.15, 0.2) is 0 Å². The smallest absolute Gasteiger partial charge is 0.0670 e. The number of hydrogen-bond acceptors (Lipinski definition) is 2. The number of nitrogens with one attached hydrogen (secondary N) is 1. The monoisotopic (exact) mass is 191 g/mol. The molecule has 1 aromatic carbocycles. The average Bonchev–Trinajstić information content (AvgIpc) is 2.19. The largest absolute Gasteiger partial charge is 0.392 e. The van der Waals surface area contributed by atoms with E-state index in [1.54, 1.807) is 0 Å². The van der Waals surface area contributed by atoms with Crippen LogP contribution >= 0.6 is 0 Å². The predicted molar refractivity (Wildman–Crippen MR) is 57.4 cm³/mol. The second-order valence-corrected chi connectivity index (χ2v) is 4.16. The van der Waals surface area contributed by atoms with E-state index in [1.807, 2.05) is 0 Å². The van der Waals surface area contributed by atoms with Gasteiger partial charge in [-0.2, -0.15) is 0 Å². The van der Waals surface area contributed by atoms with Gasteiger partial charge in [0.2, 0.25) is 0 Å². The van der Waals surface area contributed by atoms with Gasteiger partial charge in [-0.3, -0.25) is 0 Å². The summed E-state index contributed by atoms with van der Waals surface area (Å²) >= 11 is 0. The van der Waals surface area contributed by atoms with E-state index >= 15 is 0 Å². The van der Waals surface area contributed by atoms with E-state index in [9.17, 15) is 5.11 Å². The van der Waals surface area contributed by atoms with Gasteiger partial charge in [-0.25, -0.2) is 0 Å². The summed E-state index contributed by atoms with van der Waals surface area (Å²) in [6.07, 6.45) is 0.700. The maximum atomic E-state index is 9.53. The number of β-amino-alcohol motifs (C(OH)–C–C–N with tert-alkyl or cyclic N) is 1. The molecule has 0 bridgehead atoms. The van der Waals surface area contributed by atoms with Gasteiger partial charge >= 0.3 is 0 Å². The van der Waals surface area contributed by atoms with E-state index < -0.39 is 0 Å².